The SMILES string of the molecule is Cc1nn(-c2ccccc2)c2sc(C(=O)N[C@H]3CC[C@@H](C(=O)O)C3)cc12. The van der Waals surface area contributed by atoms with Crippen molar-refractivity contribution in [2.75, 3.05) is 0 Å². The first-order valence-electron chi connectivity index (χ1n) is 8.61. The predicted molar refractivity (Wildman–Crippen MR) is 99.9 cm³/mol. The number of thiophene rings is 1. The van der Waals surface area contributed by atoms with Gasteiger partial charge in [-0.3, -0.25) is 9.59 Å². The number of nitrogens with one attached hydrogen (secondary N) is 1. The van der Waals surface area contributed by atoms with Crippen LogP contribution in [0.1, 0.15) is 34.6 Å². The van der Waals surface area contributed by atoms with Gasteiger partial charge in [0.15, 0.2) is 0 Å². The largest absolute Gasteiger partial charge is 0.481 e. The first-order chi connectivity index (χ1) is 12.5. The highest BCUT2D eigenvalue weighted by molar-refractivity contribution is 7.20. The summed E-state index contributed by atoms with van der Waals surface area (Å²) in [5.74, 6) is -1.26. The average molecular weight is 369 g/mol. The van der Waals surface area contributed by atoms with Gasteiger partial charge in [-0.05, 0) is 44.4 Å². The number of benzene rings is 1. The number of para-hydroxylation sites is 1. The number of nitrogens with zero attached hydrogens (tertiary/aromatic N) is 2. The molecular weight excluding hydrogens is 350 g/mol. The number of aryl methyl sites for hydroxylation is 1. The van der Waals surface area contributed by atoms with Gasteiger partial charge < -0.3 is 10.4 Å². The minimum absolute atomic E-state index is 0.0690. The summed E-state index contributed by atoms with van der Waals surface area (Å²) in [6, 6.07) is 11.6. The number of amides is 1. The minimum atomic E-state index is -0.776. The number of carbonyl (C=O) groups excluding carboxylic acids is 1. The molecule has 6 nitrogen and oxygen atoms in total. The lowest BCUT2D eigenvalue weighted by atomic mass is 10.1. The van der Waals surface area contributed by atoms with Gasteiger partial charge in [0.05, 0.1) is 22.2 Å². The molecule has 1 amide bonds. The Labute approximate surface area is 154 Å². The standard InChI is InChI=1S/C19H19N3O3S/c1-11-15-10-16(17(23)20-13-8-7-12(9-13)19(24)25)26-18(15)22(21-11)14-5-3-2-4-6-14/h2-6,10,12-13H,7-9H2,1H3,(H,20,23)(H,24,25)/t12-,13+/m1/s1. The van der Waals surface area contributed by atoms with Crippen LogP contribution in [0.25, 0.3) is 15.9 Å². The van der Waals surface area contributed by atoms with E-state index in [1.165, 1.54) is 11.3 Å². The Morgan fingerprint density at radius 1 is 1.27 bits per heavy atom. The van der Waals surface area contributed by atoms with Crippen LogP contribution in [0.3, 0.4) is 0 Å². The van der Waals surface area contributed by atoms with Crippen molar-refractivity contribution in [2.24, 2.45) is 5.92 Å². The fraction of sp³-hybridized carbons (Fsp3) is 0.316. The van der Waals surface area contributed by atoms with E-state index in [1.54, 1.807) is 0 Å². The summed E-state index contributed by atoms with van der Waals surface area (Å²) in [6.07, 6.45) is 1.84. The zero-order chi connectivity index (χ0) is 18.3. The number of hydrogen-bond acceptors (Lipinski definition) is 4. The fourth-order valence-electron chi connectivity index (χ4n) is 3.50. The Hall–Kier alpha value is -2.67. The van der Waals surface area contributed by atoms with Crippen molar-refractivity contribution in [3.8, 4) is 5.69 Å². The number of hydrogen-bond donors (Lipinski definition) is 2. The summed E-state index contributed by atoms with van der Waals surface area (Å²) in [5.41, 5.74) is 1.84. The molecule has 0 bridgehead atoms. The van der Waals surface area contributed by atoms with Crippen LogP contribution in [0, 0.1) is 12.8 Å². The highest BCUT2D eigenvalue weighted by atomic mass is 32.1. The molecule has 1 aromatic carbocycles. The van der Waals surface area contributed by atoms with Gasteiger partial charge in [-0.15, -0.1) is 11.3 Å². The third-order valence-electron chi connectivity index (χ3n) is 4.89. The number of aromatic nitrogens is 2. The first kappa shape index (κ1) is 16.8. The Kier molecular flexibility index (Phi) is 4.24. The topological polar surface area (TPSA) is 84.2 Å². The van der Waals surface area contributed by atoms with Gasteiger partial charge in [-0.25, -0.2) is 4.68 Å². The molecule has 0 spiro atoms. The van der Waals surface area contributed by atoms with Crippen molar-refractivity contribution in [2.45, 2.75) is 32.2 Å². The highest BCUT2D eigenvalue weighted by Gasteiger charge is 2.31. The Morgan fingerprint density at radius 3 is 2.73 bits per heavy atom. The second kappa shape index (κ2) is 6.57. The summed E-state index contributed by atoms with van der Waals surface area (Å²) >= 11 is 1.41. The van der Waals surface area contributed by atoms with Crippen LogP contribution in [0.15, 0.2) is 36.4 Å². The molecular formula is C19H19N3O3S. The summed E-state index contributed by atoms with van der Waals surface area (Å²) < 4.78 is 1.86. The maximum Gasteiger partial charge on any atom is 0.306 e. The molecule has 2 heterocycles. The third-order valence-corrected chi connectivity index (χ3v) is 6.00. The molecule has 134 valence electrons. The average Bonchev–Trinajstić information content (AvgIpc) is 3.32. The predicted octanol–water partition coefficient (Wildman–Crippen LogP) is 3.38. The maximum atomic E-state index is 12.6. The van der Waals surface area contributed by atoms with Crippen molar-refractivity contribution < 1.29 is 14.7 Å². The molecule has 3 aromatic rings. The molecule has 1 saturated carbocycles. The van der Waals surface area contributed by atoms with Gasteiger partial charge in [0.2, 0.25) is 0 Å². The number of rotatable bonds is 4. The molecule has 0 unspecified atom stereocenters. The van der Waals surface area contributed by atoms with E-state index in [1.807, 2.05) is 48.0 Å². The second-order valence-electron chi connectivity index (χ2n) is 6.68. The van der Waals surface area contributed by atoms with Crippen molar-refractivity contribution >= 4 is 33.4 Å². The van der Waals surface area contributed by atoms with E-state index in [4.69, 9.17) is 5.11 Å². The van der Waals surface area contributed by atoms with Crippen LogP contribution in [-0.2, 0) is 4.79 Å². The molecule has 0 saturated heterocycles. The highest BCUT2D eigenvalue weighted by Crippen LogP contribution is 2.31. The van der Waals surface area contributed by atoms with Gasteiger partial charge in [-0.1, -0.05) is 18.2 Å². The van der Waals surface area contributed by atoms with E-state index < -0.39 is 5.97 Å². The second-order valence-corrected chi connectivity index (χ2v) is 7.71. The van der Waals surface area contributed by atoms with Crippen LogP contribution in [0.4, 0.5) is 0 Å². The molecule has 7 heteroatoms. The lowest BCUT2D eigenvalue weighted by Crippen LogP contribution is -2.32. The van der Waals surface area contributed by atoms with Crippen LogP contribution in [-0.4, -0.2) is 32.8 Å². The zero-order valence-corrected chi connectivity index (χ0v) is 15.1. The zero-order valence-electron chi connectivity index (χ0n) is 14.3. The molecule has 0 radical (unpaired) electrons. The number of carbonyl (C=O) groups is 2. The Bertz CT molecular complexity index is 977. The number of aliphatic carboxylic acids is 1. The van der Waals surface area contributed by atoms with Crippen molar-refractivity contribution in [3.05, 3.63) is 47.0 Å². The van der Waals surface area contributed by atoms with Crippen molar-refractivity contribution in [1.29, 1.82) is 0 Å². The normalized spacial score (nSPS) is 19.7. The van der Waals surface area contributed by atoms with E-state index >= 15 is 0 Å². The molecule has 1 fully saturated rings. The van der Waals surface area contributed by atoms with E-state index in [-0.39, 0.29) is 17.9 Å². The molecule has 1 aliphatic carbocycles. The lowest BCUT2D eigenvalue weighted by Gasteiger charge is -2.11. The third kappa shape index (κ3) is 2.99. The molecule has 2 N–H and O–H groups in total. The Morgan fingerprint density at radius 2 is 2.04 bits per heavy atom. The molecule has 4 rings (SSSR count). The van der Waals surface area contributed by atoms with E-state index in [2.05, 4.69) is 10.4 Å². The van der Waals surface area contributed by atoms with Crippen LogP contribution in [0.5, 0.6) is 0 Å². The molecule has 1 aliphatic rings. The van der Waals surface area contributed by atoms with E-state index in [9.17, 15) is 9.59 Å². The summed E-state index contributed by atoms with van der Waals surface area (Å²) in [6.45, 7) is 1.94. The summed E-state index contributed by atoms with van der Waals surface area (Å²) in [5, 5.41) is 17.6. The molecule has 2 atom stereocenters. The van der Waals surface area contributed by atoms with Gasteiger partial charge in [0.25, 0.3) is 5.91 Å². The van der Waals surface area contributed by atoms with Crippen LogP contribution in [0.2, 0.25) is 0 Å². The van der Waals surface area contributed by atoms with Gasteiger partial charge >= 0.3 is 5.97 Å². The molecule has 0 aliphatic heterocycles. The van der Waals surface area contributed by atoms with Gasteiger partial charge in [0.1, 0.15) is 4.83 Å². The van der Waals surface area contributed by atoms with Crippen molar-refractivity contribution in [1.82, 2.24) is 15.1 Å². The molecule has 2 aromatic heterocycles. The van der Waals surface area contributed by atoms with Crippen LogP contribution >= 0.6 is 11.3 Å². The quantitative estimate of drug-likeness (QED) is 0.738. The van der Waals surface area contributed by atoms with Crippen LogP contribution < -0.4 is 5.32 Å². The monoisotopic (exact) mass is 369 g/mol. The lowest BCUT2D eigenvalue weighted by molar-refractivity contribution is -0.141. The minimum Gasteiger partial charge on any atom is -0.481 e. The summed E-state index contributed by atoms with van der Waals surface area (Å²) in [4.78, 5) is 25.3. The number of fused-ring (bicyclic) bond motifs is 1. The van der Waals surface area contributed by atoms with Gasteiger partial charge in [0, 0.05) is 11.4 Å². The first-order valence-corrected chi connectivity index (χ1v) is 9.43. The number of carboxylic acid groups (broad SMARTS) is 1. The Balaban J connectivity index is 1.58. The smallest absolute Gasteiger partial charge is 0.306 e. The molecule has 26 heavy (non-hydrogen) atoms. The van der Waals surface area contributed by atoms with Gasteiger partial charge in [-0.2, -0.15) is 5.10 Å². The van der Waals surface area contributed by atoms with E-state index in [0.29, 0.717) is 24.1 Å². The summed E-state index contributed by atoms with van der Waals surface area (Å²) in [7, 11) is 0. The van der Waals surface area contributed by atoms with E-state index in [0.717, 1.165) is 21.6 Å². The number of carboxylic acids is 1. The fourth-order valence-corrected chi connectivity index (χ4v) is 4.58. The van der Waals surface area contributed by atoms with Crippen molar-refractivity contribution in [3.63, 3.8) is 0 Å². The maximum absolute atomic E-state index is 12.6.